The van der Waals surface area contributed by atoms with Gasteiger partial charge in [0.25, 0.3) is 0 Å². The molecule has 0 fully saturated rings. The van der Waals surface area contributed by atoms with Crippen molar-refractivity contribution in [3.8, 4) is 0 Å². The van der Waals surface area contributed by atoms with E-state index < -0.39 is 0 Å². The SMILES string of the molecule is CCC(CC)CNC(=O)COCCOC. The first kappa shape index (κ1) is 14.4. The maximum Gasteiger partial charge on any atom is 0.246 e. The number of methoxy groups -OCH3 is 1. The molecule has 0 spiro atoms. The Hall–Kier alpha value is -0.610. The minimum absolute atomic E-state index is 0.0435. The van der Waals surface area contributed by atoms with E-state index in [0.717, 1.165) is 19.4 Å². The van der Waals surface area contributed by atoms with E-state index >= 15 is 0 Å². The lowest BCUT2D eigenvalue weighted by Crippen LogP contribution is -2.32. The molecular formula is C11H23NO3. The highest BCUT2D eigenvalue weighted by molar-refractivity contribution is 5.77. The molecule has 0 saturated heterocycles. The van der Waals surface area contributed by atoms with Crippen LogP contribution in [0.2, 0.25) is 0 Å². The monoisotopic (exact) mass is 217 g/mol. The summed E-state index contributed by atoms with van der Waals surface area (Å²) in [5, 5.41) is 2.86. The summed E-state index contributed by atoms with van der Waals surface area (Å²) in [5.41, 5.74) is 0. The van der Waals surface area contributed by atoms with E-state index in [0.29, 0.717) is 19.1 Å². The lowest BCUT2D eigenvalue weighted by Gasteiger charge is -2.13. The Morgan fingerprint density at radius 3 is 2.47 bits per heavy atom. The number of nitrogens with one attached hydrogen (secondary N) is 1. The summed E-state index contributed by atoms with van der Waals surface area (Å²) in [6.45, 7) is 6.14. The smallest absolute Gasteiger partial charge is 0.246 e. The maximum absolute atomic E-state index is 11.3. The van der Waals surface area contributed by atoms with Crippen LogP contribution < -0.4 is 5.32 Å². The van der Waals surface area contributed by atoms with Crippen molar-refractivity contribution in [1.29, 1.82) is 0 Å². The minimum atomic E-state index is -0.0435. The van der Waals surface area contributed by atoms with Gasteiger partial charge in [0.2, 0.25) is 5.91 Å². The van der Waals surface area contributed by atoms with Crippen LogP contribution in [0.5, 0.6) is 0 Å². The van der Waals surface area contributed by atoms with E-state index in [1.54, 1.807) is 7.11 Å². The summed E-state index contributed by atoms with van der Waals surface area (Å²) >= 11 is 0. The van der Waals surface area contributed by atoms with Crippen molar-refractivity contribution >= 4 is 5.91 Å². The number of carbonyl (C=O) groups excluding carboxylic acids is 1. The zero-order valence-electron chi connectivity index (χ0n) is 10.0. The summed E-state index contributed by atoms with van der Waals surface area (Å²) in [5.74, 6) is 0.533. The van der Waals surface area contributed by atoms with Gasteiger partial charge in [-0.15, -0.1) is 0 Å². The third kappa shape index (κ3) is 8.39. The molecule has 0 aliphatic carbocycles. The first-order valence-corrected chi connectivity index (χ1v) is 5.57. The van der Waals surface area contributed by atoms with E-state index in [1.807, 2.05) is 0 Å². The lowest BCUT2D eigenvalue weighted by atomic mass is 10.0. The Morgan fingerprint density at radius 2 is 1.93 bits per heavy atom. The Kier molecular flexibility index (Phi) is 9.52. The van der Waals surface area contributed by atoms with E-state index in [4.69, 9.17) is 9.47 Å². The van der Waals surface area contributed by atoms with Gasteiger partial charge in [0.15, 0.2) is 0 Å². The van der Waals surface area contributed by atoms with Crippen LogP contribution in [0.3, 0.4) is 0 Å². The van der Waals surface area contributed by atoms with E-state index in [1.165, 1.54) is 0 Å². The van der Waals surface area contributed by atoms with Crippen LogP contribution in [0.1, 0.15) is 26.7 Å². The van der Waals surface area contributed by atoms with Crippen molar-refractivity contribution in [2.75, 3.05) is 33.5 Å². The van der Waals surface area contributed by atoms with Gasteiger partial charge in [0.1, 0.15) is 6.61 Å². The Bertz CT molecular complexity index is 158. The molecule has 0 aromatic rings. The van der Waals surface area contributed by atoms with Gasteiger partial charge in [-0.05, 0) is 5.92 Å². The zero-order valence-corrected chi connectivity index (χ0v) is 10.0. The molecule has 15 heavy (non-hydrogen) atoms. The molecule has 0 atom stereocenters. The van der Waals surface area contributed by atoms with Crippen LogP contribution in [-0.4, -0.2) is 39.4 Å². The Balaban J connectivity index is 3.40. The summed E-state index contributed by atoms with van der Waals surface area (Å²) in [4.78, 5) is 11.3. The number of carbonyl (C=O) groups is 1. The highest BCUT2D eigenvalue weighted by atomic mass is 16.5. The van der Waals surface area contributed by atoms with Crippen molar-refractivity contribution in [3.05, 3.63) is 0 Å². The van der Waals surface area contributed by atoms with Crippen LogP contribution in [0.4, 0.5) is 0 Å². The van der Waals surface area contributed by atoms with Gasteiger partial charge in [-0.2, -0.15) is 0 Å². The van der Waals surface area contributed by atoms with Crippen molar-refractivity contribution in [1.82, 2.24) is 5.32 Å². The molecule has 1 amide bonds. The molecule has 0 heterocycles. The molecule has 1 N–H and O–H groups in total. The number of ether oxygens (including phenoxy) is 2. The fourth-order valence-corrected chi connectivity index (χ4v) is 1.19. The van der Waals surface area contributed by atoms with Gasteiger partial charge in [0, 0.05) is 13.7 Å². The number of rotatable bonds is 9. The van der Waals surface area contributed by atoms with Crippen molar-refractivity contribution in [3.63, 3.8) is 0 Å². The minimum Gasteiger partial charge on any atom is -0.382 e. The standard InChI is InChI=1S/C11H23NO3/c1-4-10(5-2)8-12-11(13)9-15-7-6-14-3/h10H,4-9H2,1-3H3,(H,12,13). The molecular weight excluding hydrogens is 194 g/mol. The van der Waals surface area contributed by atoms with Gasteiger partial charge in [-0.3, -0.25) is 4.79 Å². The van der Waals surface area contributed by atoms with E-state index in [2.05, 4.69) is 19.2 Å². The molecule has 4 nitrogen and oxygen atoms in total. The largest absolute Gasteiger partial charge is 0.382 e. The van der Waals surface area contributed by atoms with Crippen LogP contribution in [0.15, 0.2) is 0 Å². The van der Waals surface area contributed by atoms with Crippen molar-refractivity contribution in [2.24, 2.45) is 5.92 Å². The first-order valence-electron chi connectivity index (χ1n) is 5.57. The average molecular weight is 217 g/mol. The average Bonchev–Trinajstić information content (AvgIpc) is 2.26. The summed E-state index contributed by atoms with van der Waals surface area (Å²) in [6.07, 6.45) is 2.20. The van der Waals surface area contributed by atoms with Gasteiger partial charge < -0.3 is 14.8 Å². The summed E-state index contributed by atoms with van der Waals surface area (Å²) in [7, 11) is 1.61. The molecule has 0 rings (SSSR count). The summed E-state index contributed by atoms with van der Waals surface area (Å²) < 4.78 is 9.90. The fourth-order valence-electron chi connectivity index (χ4n) is 1.19. The normalized spacial score (nSPS) is 10.7. The third-order valence-corrected chi connectivity index (χ3v) is 2.41. The van der Waals surface area contributed by atoms with Gasteiger partial charge in [-0.25, -0.2) is 0 Å². The molecule has 0 aromatic heterocycles. The predicted octanol–water partition coefficient (Wildman–Crippen LogP) is 1.20. The van der Waals surface area contributed by atoms with E-state index in [9.17, 15) is 4.79 Å². The number of hydrogen-bond acceptors (Lipinski definition) is 3. The quantitative estimate of drug-likeness (QED) is 0.590. The van der Waals surface area contributed by atoms with Crippen LogP contribution in [-0.2, 0) is 14.3 Å². The predicted molar refractivity (Wildman–Crippen MR) is 59.8 cm³/mol. The van der Waals surface area contributed by atoms with Crippen LogP contribution in [0, 0.1) is 5.92 Å². The topological polar surface area (TPSA) is 47.6 Å². The molecule has 0 radical (unpaired) electrons. The van der Waals surface area contributed by atoms with Crippen LogP contribution in [0.25, 0.3) is 0 Å². The molecule has 4 heteroatoms. The molecule has 0 aliphatic heterocycles. The highest BCUT2D eigenvalue weighted by Gasteiger charge is 2.06. The fraction of sp³-hybridized carbons (Fsp3) is 0.909. The van der Waals surface area contributed by atoms with Gasteiger partial charge >= 0.3 is 0 Å². The molecule has 90 valence electrons. The Labute approximate surface area is 92.3 Å². The second-order valence-electron chi connectivity index (χ2n) is 3.53. The van der Waals surface area contributed by atoms with Crippen LogP contribution >= 0.6 is 0 Å². The van der Waals surface area contributed by atoms with Gasteiger partial charge in [0.05, 0.1) is 13.2 Å². The van der Waals surface area contributed by atoms with E-state index in [-0.39, 0.29) is 12.5 Å². The second kappa shape index (κ2) is 9.93. The zero-order chi connectivity index (χ0) is 11.5. The number of hydrogen-bond donors (Lipinski definition) is 1. The summed E-state index contributed by atoms with van der Waals surface area (Å²) in [6, 6.07) is 0. The van der Waals surface area contributed by atoms with Gasteiger partial charge in [-0.1, -0.05) is 26.7 Å². The first-order chi connectivity index (χ1) is 7.24. The highest BCUT2D eigenvalue weighted by Crippen LogP contribution is 2.04. The van der Waals surface area contributed by atoms with Crippen molar-refractivity contribution in [2.45, 2.75) is 26.7 Å². The molecule has 0 bridgehead atoms. The Morgan fingerprint density at radius 1 is 1.27 bits per heavy atom. The third-order valence-electron chi connectivity index (χ3n) is 2.41. The molecule has 0 aromatic carbocycles. The maximum atomic E-state index is 11.3. The molecule has 0 aliphatic rings. The molecule has 0 saturated carbocycles. The number of amides is 1. The second-order valence-corrected chi connectivity index (χ2v) is 3.53. The van der Waals surface area contributed by atoms with Crippen molar-refractivity contribution < 1.29 is 14.3 Å². The molecule has 0 unspecified atom stereocenters. The lowest BCUT2D eigenvalue weighted by molar-refractivity contribution is -0.126.